The molecule has 0 aliphatic carbocycles. The van der Waals surface area contributed by atoms with E-state index in [4.69, 9.17) is 4.74 Å². The van der Waals surface area contributed by atoms with Crippen LogP contribution in [0.3, 0.4) is 0 Å². The van der Waals surface area contributed by atoms with Gasteiger partial charge in [0.25, 0.3) is 0 Å². The molecule has 0 bridgehead atoms. The van der Waals surface area contributed by atoms with Crippen molar-refractivity contribution in [3.05, 3.63) is 42.5 Å². The van der Waals surface area contributed by atoms with Gasteiger partial charge in [0, 0.05) is 20.2 Å². The van der Waals surface area contributed by atoms with Crippen molar-refractivity contribution in [2.45, 2.75) is 17.7 Å². The highest BCUT2D eigenvalue weighted by Gasteiger charge is 2.21. The van der Waals surface area contributed by atoms with E-state index in [1.54, 1.807) is 19.2 Å². The third kappa shape index (κ3) is 4.79. The van der Waals surface area contributed by atoms with Gasteiger partial charge in [0.2, 0.25) is 10.0 Å². The van der Waals surface area contributed by atoms with Crippen molar-refractivity contribution in [3.63, 3.8) is 0 Å². The molecule has 1 saturated heterocycles. The van der Waals surface area contributed by atoms with Crippen molar-refractivity contribution in [1.29, 1.82) is 0 Å². The van der Waals surface area contributed by atoms with E-state index >= 15 is 0 Å². The summed E-state index contributed by atoms with van der Waals surface area (Å²) in [6, 6.07) is 13.1. The minimum Gasteiger partial charge on any atom is -0.383 e. The predicted octanol–water partition coefficient (Wildman–Crippen LogP) is 2.48. The zero-order valence-corrected chi connectivity index (χ0v) is 15.5. The molecule has 1 fully saturated rings. The summed E-state index contributed by atoms with van der Waals surface area (Å²) in [5.74, 6) is 0.397. The van der Waals surface area contributed by atoms with Crippen molar-refractivity contribution in [3.8, 4) is 0 Å². The van der Waals surface area contributed by atoms with Crippen LogP contribution in [0.4, 0.5) is 0 Å². The summed E-state index contributed by atoms with van der Waals surface area (Å²) < 4.78 is 33.1. The normalized spacial score (nSPS) is 17.2. The number of nitrogens with one attached hydrogen (secondary N) is 1. The van der Waals surface area contributed by atoms with Crippen LogP contribution in [-0.2, 0) is 14.8 Å². The van der Waals surface area contributed by atoms with Gasteiger partial charge in [0.15, 0.2) is 0 Å². The largest absolute Gasteiger partial charge is 0.383 e. The molecule has 0 unspecified atom stereocenters. The maximum absolute atomic E-state index is 12.6. The Morgan fingerprint density at radius 2 is 1.84 bits per heavy atom. The average molecular weight is 362 g/mol. The molecule has 0 atom stereocenters. The lowest BCUT2D eigenvalue weighted by atomic mass is 9.97. The lowest BCUT2D eigenvalue weighted by Gasteiger charge is -2.31. The molecule has 2 aromatic rings. The molecule has 25 heavy (non-hydrogen) atoms. The lowest BCUT2D eigenvalue weighted by molar-refractivity contribution is 0.121. The Balaban J connectivity index is 1.56. The Morgan fingerprint density at radius 1 is 1.12 bits per heavy atom. The van der Waals surface area contributed by atoms with Crippen LogP contribution in [0.25, 0.3) is 10.8 Å². The van der Waals surface area contributed by atoms with Crippen molar-refractivity contribution >= 4 is 20.8 Å². The number of methoxy groups -OCH3 is 1. The second-order valence-corrected chi connectivity index (χ2v) is 8.41. The Morgan fingerprint density at radius 3 is 2.56 bits per heavy atom. The van der Waals surface area contributed by atoms with E-state index < -0.39 is 10.0 Å². The van der Waals surface area contributed by atoms with Crippen LogP contribution in [0.15, 0.2) is 47.4 Å². The van der Waals surface area contributed by atoms with Gasteiger partial charge < -0.3 is 9.64 Å². The van der Waals surface area contributed by atoms with Crippen LogP contribution in [0.1, 0.15) is 12.8 Å². The van der Waals surface area contributed by atoms with Crippen LogP contribution >= 0.6 is 0 Å². The van der Waals surface area contributed by atoms with Crippen molar-refractivity contribution < 1.29 is 13.2 Å². The summed E-state index contributed by atoms with van der Waals surface area (Å²) in [4.78, 5) is 2.71. The van der Waals surface area contributed by atoms with Crippen molar-refractivity contribution in [1.82, 2.24) is 9.62 Å². The number of sulfonamides is 1. The summed E-state index contributed by atoms with van der Waals surface area (Å²) >= 11 is 0. The summed E-state index contributed by atoms with van der Waals surface area (Å²) in [5, 5.41) is 1.99. The smallest absolute Gasteiger partial charge is 0.240 e. The van der Waals surface area contributed by atoms with Crippen LogP contribution in [0, 0.1) is 5.92 Å². The van der Waals surface area contributed by atoms with E-state index in [0.717, 1.165) is 49.9 Å². The molecule has 1 heterocycles. The topological polar surface area (TPSA) is 58.6 Å². The summed E-state index contributed by atoms with van der Waals surface area (Å²) in [7, 11) is -1.75. The average Bonchev–Trinajstić information content (AvgIpc) is 2.65. The van der Waals surface area contributed by atoms with E-state index in [1.807, 2.05) is 30.3 Å². The quantitative estimate of drug-likeness (QED) is 0.822. The first kappa shape index (κ1) is 18.3. The summed E-state index contributed by atoms with van der Waals surface area (Å²) in [6.07, 6.45) is 2.04. The van der Waals surface area contributed by atoms with Gasteiger partial charge in [-0.3, -0.25) is 0 Å². The number of hydrogen-bond donors (Lipinski definition) is 1. The molecule has 1 N–H and O–H groups in total. The molecular formula is C19H26N2O3S. The second-order valence-electron chi connectivity index (χ2n) is 6.64. The molecule has 6 heteroatoms. The Hall–Kier alpha value is -1.47. The van der Waals surface area contributed by atoms with E-state index in [0.29, 0.717) is 17.4 Å². The molecule has 1 aliphatic rings. The van der Waals surface area contributed by atoms with Gasteiger partial charge in [-0.15, -0.1) is 0 Å². The highest BCUT2D eigenvalue weighted by Crippen LogP contribution is 2.20. The number of nitrogens with zero attached hydrogens (tertiary/aromatic N) is 1. The monoisotopic (exact) mass is 362 g/mol. The Labute approximate surface area is 150 Å². The second kappa shape index (κ2) is 8.27. The minimum atomic E-state index is -3.46. The number of piperidine rings is 1. The summed E-state index contributed by atoms with van der Waals surface area (Å²) in [5.41, 5.74) is 0. The predicted molar refractivity (Wildman–Crippen MR) is 100 cm³/mol. The Kier molecular flexibility index (Phi) is 6.06. The van der Waals surface area contributed by atoms with Gasteiger partial charge >= 0.3 is 0 Å². The van der Waals surface area contributed by atoms with Crippen LogP contribution < -0.4 is 4.72 Å². The molecule has 2 aromatic carbocycles. The van der Waals surface area contributed by atoms with Crippen LogP contribution in [0.5, 0.6) is 0 Å². The first-order valence-electron chi connectivity index (χ1n) is 8.78. The highest BCUT2D eigenvalue weighted by molar-refractivity contribution is 7.89. The molecular weight excluding hydrogens is 336 g/mol. The van der Waals surface area contributed by atoms with Gasteiger partial charge in [0.1, 0.15) is 0 Å². The van der Waals surface area contributed by atoms with E-state index in [-0.39, 0.29) is 0 Å². The third-order valence-corrected chi connectivity index (χ3v) is 6.33. The number of benzene rings is 2. The van der Waals surface area contributed by atoms with Crippen molar-refractivity contribution in [2.75, 3.05) is 39.9 Å². The number of fused-ring (bicyclic) bond motifs is 1. The van der Waals surface area contributed by atoms with Gasteiger partial charge in [-0.1, -0.05) is 30.3 Å². The number of ether oxygens (including phenoxy) is 1. The fourth-order valence-corrected chi connectivity index (χ4v) is 4.43. The first-order chi connectivity index (χ1) is 12.1. The van der Waals surface area contributed by atoms with E-state index in [2.05, 4.69) is 9.62 Å². The van der Waals surface area contributed by atoms with Crippen LogP contribution in [0.2, 0.25) is 0 Å². The fourth-order valence-electron chi connectivity index (χ4n) is 3.28. The van der Waals surface area contributed by atoms with Crippen molar-refractivity contribution in [2.24, 2.45) is 5.92 Å². The number of rotatable bonds is 7. The Bertz CT molecular complexity index is 799. The maximum atomic E-state index is 12.6. The molecule has 0 saturated carbocycles. The molecule has 0 radical (unpaired) electrons. The molecule has 0 spiro atoms. The zero-order valence-electron chi connectivity index (χ0n) is 14.6. The highest BCUT2D eigenvalue weighted by atomic mass is 32.2. The first-order valence-corrected chi connectivity index (χ1v) is 10.3. The lowest BCUT2D eigenvalue weighted by Crippen LogP contribution is -2.39. The van der Waals surface area contributed by atoms with Gasteiger partial charge in [0.05, 0.1) is 11.5 Å². The molecule has 5 nitrogen and oxygen atoms in total. The fraction of sp³-hybridized carbons (Fsp3) is 0.474. The van der Waals surface area contributed by atoms with Gasteiger partial charge in [-0.25, -0.2) is 13.1 Å². The van der Waals surface area contributed by atoms with E-state index in [1.165, 1.54) is 0 Å². The molecule has 1 aliphatic heterocycles. The number of hydrogen-bond acceptors (Lipinski definition) is 4. The third-order valence-electron chi connectivity index (χ3n) is 4.91. The molecule has 136 valence electrons. The summed E-state index contributed by atoms with van der Waals surface area (Å²) in [6.45, 7) is 4.22. The standard InChI is InChI=1S/C19H26N2O3S/c1-24-13-12-21-10-8-16(9-11-21)15-20-25(22,23)19-7-6-17-4-2-3-5-18(17)14-19/h2-7,14,16,20H,8-13,15H2,1H3. The number of likely N-dealkylation sites (tertiary alicyclic amines) is 1. The van der Waals surface area contributed by atoms with E-state index in [9.17, 15) is 8.42 Å². The SMILES string of the molecule is COCCN1CCC(CNS(=O)(=O)c2ccc3ccccc3c2)CC1. The zero-order chi connectivity index (χ0) is 17.7. The van der Waals surface area contributed by atoms with Gasteiger partial charge in [-0.05, 0) is 54.8 Å². The molecule has 0 aromatic heterocycles. The maximum Gasteiger partial charge on any atom is 0.240 e. The molecule has 0 amide bonds. The van der Waals surface area contributed by atoms with Gasteiger partial charge in [-0.2, -0.15) is 0 Å². The minimum absolute atomic E-state index is 0.337. The van der Waals surface area contributed by atoms with Crippen LogP contribution in [-0.4, -0.2) is 53.2 Å². The molecule has 3 rings (SSSR count).